The molecule has 0 spiro atoms. The second-order valence-electron chi connectivity index (χ2n) is 8.87. The number of halogens is 1. The van der Waals surface area contributed by atoms with Gasteiger partial charge in [0.1, 0.15) is 0 Å². The Balaban J connectivity index is 2.07. The van der Waals surface area contributed by atoms with E-state index in [2.05, 4.69) is 91.6 Å². The first-order chi connectivity index (χ1) is 14.5. The molecule has 2 aromatic carbocycles. The number of nitrogens with zero attached hydrogens (tertiary/aromatic N) is 1. The fraction of sp³-hybridized carbons (Fsp3) is 0.400. The molecule has 1 N–H and O–H groups in total. The average molecular weight is 441 g/mol. The lowest BCUT2D eigenvalue weighted by Crippen LogP contribution is -2.67. The predicted octanol–water partition coefficient (Wildman–Crippen LogP) is 5.31. The Morgan fingerprint density at radius 3 is 2.00 bits per heavy atom. The quantitative estimate of drug-likeness (QED) is 0.263. The van der Waals surface area contributed by atoms with Crippen molar-refractivity contribution in [1.29, 1.82) is 0 Å². The van der Waals surface area contributed by atoms with Crippen LogP contribution in [0, 0.1) is 0 Å². The summed E-state index contributed by atoms with van der Waals surface area (Å²) in [4.78, 5) is 0. The molecule has 3 aromatic rings. The molecule has 5 heteroatoms. The lowest BCUT2D eigenvalue weighted by atomic mass is 10.1. The zero-order valence-corrected chi connectivity index (χ0v) is 20.0. The van der Waals surface area contributed by atoms with Gasteiger partial charge in [0.2, 0.25) is 0 Å². The summed E-state index contributed by atoms with van der Waals surface area (Å²) in [6, 6.07) is 23.7. The van der Waals surface area contributed by atoms with Gasteiger partial charge in [0.15, 0.2) is 0 Å². The monoisotopic (exact) mass is 440 g/mol. The number of hydrogen-bond acceptors (Lipinski definition) is 2. The second kappa shape index (κ2) is 10.4. The average Bonchev–Trinajstić information content (AvgIpc) is 3.25. The highest BCUT2D eigenvalue weighted by molar-refractivity contribution is 6.99. The number of benzene rings is 2. The summed E-state index contributed by atoms with van der Waals surface area (Å²) in [6.07, 6.45) is 5.78. The highest BCUT2D eigenvalue weighted by Crippen LogP contribution is 2.38. The van der Waals surface area contributed by atoms with Gasteiger partial charge in [-0.3, -0.25) is 5.10 Å². The van der Waals surface area contributed by atoms with Crippen molar-refractivity contribution in [3.05, 3.63) is 78.6 Å². The topological polar surface area (TPSA) is 37.9 Å². The Hall–Kier alpha value is -1.88. The molecular formula is C25H33ClN2OSi. The lowest BCUT2D eigenvalue weighted by Gasteiger charge is -2.45. The van der Waals surface area contributed by atoms with Crippen LogP contribution in [0.15, 0.2) is 72.9 Å². The van der Waals surface area contributed by atoms with Crippen LogP contribution in [-0.4, -0.2) is 30.5 Å². The number of nitrogens with one attached hydrogen (secondary N) is 1. The Bertz CT molecular complexity index is 824. The summed E-state index contributed by atoms with van der Waals surface area (Å²) in [5, 5.41) is 9.86. The van der Waals surface area contributed by atoms with Gasteiger partial charge in [0.05, 0.1) is 6.10 Å². The first-order valence-corrected chi connectivity index (χ1v) is 13.2. The Morgan fingerprint density at radius 2 is 1.53 bits per heavy atom. The van der Waals surface area contributed by atoms with Crippen molar-refractivity contribution in [2.45, 2.75) is 57.6 Å². The predicted molar refractivity (Wildman–Crippen MR) is 129 cm³/mol. The minimum absolute atomic E-state index is 0.0333. The van der Waals surface area contributed by atoms with E-state index in [1.165, 1.54) is 10.4 Å². The highest BCUT2D eigenvalue weighted by atomic mass is 35.5. The van der Waals surface area contributed by atoms with E-state index in [-0.39, 0.29) is 11.1 Å². The normalized spacial score (nSPS) is 13.3. The van der Waals surface area contributed by atoms with Gasteiger partial charge in [-0.15, -0.1) is 11.6 Å². The van der Waals surface area contributed by atoms with Crippen LogP contribution in [0.4, 0.5) is 0 Å². The van der Waals surface area contributed by atoms with Crippen LogP contribution in [0.5, 0.6) is 0 Å². The third-order valence-corrected chi connectivity index (χ3v) is 11.0. The second-order valence-corrected chi connectivity index (χ2v) is 13.5. The fourth-order valence-electron chi connectivity index (χ4n) is 4.25. The highest BCUT2D eigenvalue weighted by Gasteiger charge is 2.51. The molecule has 0 radical (unpaired) electrons. The zero-order chi connectivity index (χ0) is 21.5. The summed E-state index contributed by atoms with van der Waals surface area (Å²) >= 11 is 5.98. The van der Waals surface area contributed by atoms with Crippen LogP contribution >= 0.6 is 11.6 Å². The van der Waals surface area contributed by atoms with E-state index in [4.69, 9.17) is 16.0 Å². The van der Waals surface area contributed by atoms with Crippen LogP contribution in [0.25, 0.3) is 0 Å². The number of unbranched alkanes of at least 4 members (excludes halogenated alkanes) is 1. The molecular weight excluding hydrogens is 408 g/mol. The molecule has 0 aliphatic rings. The van der Waals surface area contributed by atoms with Gasteiger partial charge in [-0.25, -0.2) is 0 Å². The number of hydrogen-bond donors (Lipinski definition) is 1. The van der Waals surface area contributed by atoms with Gasteiger partial charge >= 0.3 is 0 Å². The minimum Gasteiger partial charge on any atom is -0.404 e. The zero-order valence-electron chi connectivity index (χ0n) is 18.3. The summed E-state index contributed by atoms with van der Waals surface area (Å²) in [6.45, 7) is 6.97. The molecule has 1 unspecified atom stereocenters. The van der Waals surface area contributed by atoms with Crippen molar-refractivity contribution in [3.63, 3.8) is 0 Å². The maximum Gasteiger partial charge on any atom is 0.261 e. The fourth-order valence-corrected chi connectivity index (χ4v) is 9.16. The molecule has 0 saturated carbocycles. The molecule has 160 valence electrons. The molecule has 0 saturated heterocycles. The van der Waals surface area contributed by atoms with E-state index in [1.807, 2.05) is 12.3 Å². The van der Waals surface area contributed by atoms with E-state index >= 15 is 0 Å². The van der Waals surface area contributed by atoms with Crippen LogP contribution in [-0.2, 0) is 10.8 Å². The van der Waals surface area contributed by atoms with Crippen LogP contribution in [0.1, 0.15) is 45.7 Å². The Labute approximate surface area is 187 Å². The van der Waals surface area contributed by atoms with Crippen LogP contribution in [0.3, 0.4) is 0 Å². The molecule has 30 heavy (non-hydrogen) atoms. The molecule has 1 aromatic heterocycles. The molecule has 0 fully saturated rings. The lowest BCUT2D eigenvalue weighted by molar-refractivity contribution is 0.173. The Morgan fingerprint density at radius 1 is 0.933 bits per heavy atom. The van der Waals surface area contributed by atoms with E-state index in [1.54, 1.807) is 0 Å². The third-order valence-electron chi connectivity index (χ3n) is 5.68. The van der Waals surface area contributed by atoms with Crippen molar-refractivity contribution in [2.75, 3.05) is 5.88 Å². The van der Waals surface area contributed by atoms with Crippen molar-refractivity contribution in [3.8, 4) is 0 Å². The number of aromatic nitrogens is 2. The van der Waals surface area contributed by atoms with Gasteiger partial charge in [0, 0.05) is 24.2 Å². The summed E-state index contributed by atoms with van der Waals surface area (Å²) in [7, 11) is -2.57. The SMILES string of the molecule is CC(C)(C)[Si](OC(CCCCCl)Cc1ccn[nH]1)(c1ccccc1)c1ccccc1. The standard InChI is InChI=1S/C25H33ClN2OSi/c1-25(2,3)30(23-13-6-4-7-14-23,24-15-8-5-9-16-24)29-22(12-10-11-18-26)20-21-17-19-27-28-21/h4-9,13-17,19,22H,10-12,18,20H2,1-3H3,(H,27,28). The number of H-pyrrole nitrogens is 1. The summed E-state index contributed by atoms with van der Waals surface area (Å²) in [5.74, 6) is 0.690. The molecule has 0 bridgehead atoms. The first kappa shape index (κ1) is 22.8. The molecule has 1 heterocycles. The van der Waals surface area contributed by atoms with Gasteiger partial charge in [-0.05, 0) is 40.7 Å². The molecule has 1 atom stereocenters. The van der Waals surface area contributed by atoms with E-state index in [9.17, 15) is 0 Å². The van der Waals surface area contributed by atoms with Crippen molar-refractivity contribution >= 4 is 30.3 Å². The third kappa shape index (κ3) is 5.23. The number of alkyl halides is 1. The largest absolute Gasteiger partial charge is 0.404 e. The molecule has 0 aliphatic heterocycles. The van der Waals surface area contributed by atoms with Crippen LogP contribution < -0.4 is 10.4 Å². The first-order valence-electron chi connectivity index (χ1n) is 10.8. The van der Waals surface area contributed by atoms with E-state index < -0.39 is 8.32 Å². The van der Waals surface area contributed by atoms with Crippen molar-refractivity contribution in [2.24, 2.45) is 0 Å². The summed E-state index contributed by atoms with van der Waals surface area (Å²) < 4.78 is 7.34. The van der Waals surface area contributed by atoms with Crippen molar-refractivity contribution in [1.82, 2.24) is 10.2 Å². The maximum absolute atomic E-state index is 7.34. The Kier molecular flexibility index (Phi) is 7.92. The maximum atomic E-state index is 7.34. The molecule has 0 amide bonds. The van der Waals surface area contributed by atoms with Gasteiger partial charge in [-0.1, -0.05) is 81.4 Å². The van der Waals surface area contributed by atoms with E-state index in [0.717, 1.165) is 31.4 Å². The van der Waals surface area contributed by atoms with E-state index in [0.29, 0.717) is 5.88 Å². The number of aromatic amines is 1. The smallest absolute Gasteiger partial charge is 0.261 e. The van der Waals surface area contributed by atoms with Crippen LogP contribution in [0.2, 0.25) is 5.04 Å². The van der Waals surface area contributed by atoms with Gasteiger partial charge in [0.25, 0.3) is 8.32 Å². The van der Waals surface area contributed by atoms with Gasteiger partial charge < -0.3 is 4.43 Å². The number of rotatable bonds is 10. The summed E-state index contributed by atoms with van der Waals surface area (Å²) in [5.41, 5.74) is 1.11. The van der Waals surface area contributed by atoms with Gasteiger partial charge in [-0.2, -0.15) is 5.10 Å². The molecule has 3 rings (SSSR count). The van der Waals surface area contributed by atoms with Crippen molar-refractivity contribution < 1.29 is 4.43 Å². The molecule has 3 nitrogen and oxygen atoms in total. The minimum atomic E-state index is -2.57. The molecule has 0 aliphatic carbocycles.